The van der Waals surface area contributed by atoms with E-state index in [0.717, 1.165) is 0 Å². The lowest BCUT2D eigenvalue weighted by Gasteiger charge is -2.12. The molecule has 0 aliphatic carbocycles. The number of carbonyl (C=O) groups is 1. The van der Waals surface area contributed by atoms with Crippen LogP contribution in [0.4, 0.5) is 0 Å². The second-order valence-corrected chi connectivity index (χ2v) is 3.84. The summed E-state index contributed by atoms with van der Waals surface area (Å²) in [6.07, 6.45) is 6.09. The largest absolute Gasteiger partial charge is 0.464 e. The quantitative estimate of drug-likeness (QED) is 0.587. The van der Waals surface area contributed by atoms with Gasteiger partial charge in [-0.05, 0) is 18.8 Å². The number of esters is 1. The van der Waals surface area contributed by atoms with E-state index in [1.807, 2.05) is 0 Å². The summed E-state index contributed by atoms with van der Waals surface area (Å²) < 4.78 is 11.5. The van der Waals surface area contributed by atoms with Crippen LogP contribution in [0.2, 0.25) is 0 Å². The van der Waals surface area contributed by atoms with E-state index >= 15 is 0 Å². The van der Waals surface area contributed by atoms with E-state index in [4.69, 9.17) is 16.3 Å². The molecule has 1 aromatic rings. The van der Waals surface area contributed by atoms with E-state index in [-0.39, 0.29) is 24.1 Å². The summed E-state index contributed by atoms with van der Waals surface area (Å²) in [6, 6.07) is 0. The van der Waals surface area contributed by atoms with E-state index in [1.54, 1.807) is 0 Å². The fraction of sp³-hybridized carbons (Fsp3) is 0.545. The first kappa shape index (κ1) is 12.5. The summed E-state index contributed by atoms with van der Waals surface area (Å²) in [4.78, 5) is 11.4. The molecule has 0 aromatic carbocycles. The first-order valence-electron chi connectivity index (χ1n) is 5.47. The molecule has 0 bridgehead atoms. The van der Waals surface area contributed by atoms with Gasteiger partial charge in [0.15, 0.2) is 6.23 Å². The lowest BCUT2D eigenvalue weighted by atomic mass is 10.2. The molecule has 7 nitrogen and oxygen atoms in total. The standard InChI is InChI=1S/C11H13N3O4/c1-3-8-10(11(16)17-2)12-13-14(8)9-5-4-7(6-15)18-9/h1,7,9,15H,4-6H2,2H3/t7-,9+/m0/s1. The number of terminal acetylenes is 1. The minimum atomic E-state index is -0.633. The molecule has 1 saturated heterocycles. The summed E-state index contributed by atoms with van der Waals surface area (Å²) in [6.45, 7) is -0.0551. The topological polar surface area (TPSA) is 86.5 Å². The first-order chi connectivity index (χ1) is 8.71. The van der Waals surface area contributed by atoms with E-state index < -0.39 is 12.2 Å². The maximum Gasteiger partial charge on any atom is 0.361 e. The van der Waals surface area contributed by atoms with Crippen LogP contribution in [0.15, 0.2) is 0 Å². The van der Waals surface area contributed by atoms with Crippen LogP contribution < -0.4 is 0 Å². The number of nitrogens with zero attached hydrogens (tertiary/aromatic N) is 3. The molecule has 7 heteroatoms. The molecule has 2 atom stereocenters. The summed E-state index contributed by atoms with van der Waals surface area (Å²) >= 11 is 0. The third-order valence-electron chi connectivity index (χ3n) is 2.77. The zero-order valence-corrected chi connectivity index (χ0v) is 9.87. The summed E-state index contributed by atoms with van der Waals surface area (Å²) in [5, 5.41) is 16.5. The van der Waals surface area contributed by atoms with Gasteiger partial charge in [-0.2, -0.15) is 0 Å². The lowest BCUT2D eigenvalue weighted by molar-refractivity contribution is -0.0293. The molecule has 1 aliphatic heterocycles. The Morgan fingerprint density at radius 2 is 2.50 bits per heavy atom. The first-order valence-corrected chi connectivity index (χ1v) is 5.47. The molecule has 0 unspecified atom stereocenters. The number of hydrogen-bond donors (Lipinski definition) is 1. The van der Waals surface area contributed by atoms with E-state index in [2.05, 4.69) is 21.0 Å². The average molecular weight is 251 g/mol. The molecule has 1 N–H and O–H groups in total. The number of methoxy groups -OCH3 is 1. The Labute approximate surface area is 104 Å². The molecule has 2 heterocycles. The third-order valence-corrected chi connectivity index (χ3v) is 2.77. The minimum Gasteiger partial charge on any atom is -0.464 e. The monoisotopic (exact) mass is 251 g/mol. The maximum atomic E-state index is 11.4. The van der Waals surface area contributed by atoms with Gasteiger partial charge in [-0.25, -0.2) is 9.48 Å². The van der Waals surface area contributed by atoms with Gasteiger partial charge in [0.05, 0.1) is 19.8 Å². The van der Waals surface area contributed by atoms with Gasteiger partial charge in [0.1, 0.15) is 5.69 Å². The second-order valence-electron chi connectivity index (χ2n) is 3.84. The SMILES string of the molecule is C#Cc1c(C(=O)OC)nnn1[C@H]1CC[C@@H](CO)O1. The van der Waals surface area contributed by atoms with Crippen molar-refractivity contribution in [2.24, 2.45) is 0 Å². The smallest absolute Gasteiger partial charge is 0.361 e. The Morgan fingerprint density at radius 1 is 1.72 bits per heavy atom. The van der Waals surface area contributed by atoms with Crippen LogP contribution in [0.3, 0.4) is 0 Å². The van der Waals surface area contributed by atoms with Gasteiger partial charge in [-0.15, -0.1) is 11.5 Å². The molecule has 1 aliphatic rings. The van der Waals surface area contributed by atoms with Crippen LogP contribution in [0.1, 0.15) is 35.3 Å². The van der Waals surface area contributed by atoms with E-state index in [9.17, 15) is 4.79 Å². The highest BCUT2D eigenvalue weighted by Gasteiger charge is 2.30. The highest BCUT2D eigenvalue weighted by Crippen LogP contribution is 2.28. The molecule has 1 fully saturated rings. The Balaban J connectivity index is 2.27. The predicted molar refractivity (Wildman–Crippen MR) is 59.5 cm³/mol. The Bertz CT molecular complexity index is 491. The molecule has 2 rings (SSSR count). The van der Waals surface area contributed by atoms with Crippen molar-refractivity contribution in [2.45, 2.75) is 25.2 Å². The summed E-state index contributed by atoms with van der Waals surface area (Å²) in [5.74, 6) is 1.73. The van der Waals surface area contributed by atoms with Crippen molar-refractivity contribution in [1.29, 1.82) is 0 Å². The van der Waals surface area contributed by atoms with Crippen LogP contribution >= 0.6 is 0 Å². The van der Waals surface area contributed by atoms with Crippen LogP contribution in [-0.2, 0) is 9.47 Å². The molecular weight excluding hydrogens is 238 g/mol. The van der Waals surface area contributed by atoms with Crippen LogP contribution in [-0.4, -0.2) is 45.9 Å². The fourth-order valence-corrected chi connectivity index (χ4v) is 1.86. The average Bonchev–Trinajstić information content (AvgIpc) is 3.02. The zero-order valence-electron chi connectivity index (χ0n) is 9.87. The molecule has 0 spiro atoms. The number of aliphatic hydroxyl groups excluding tert-OH is 1. The van der Waals surface area contributed by atoms with Gasteiger partial charge in [-0.3, -0.25) is 0 Å². The molecule has 0 saturated carbocycles. The summed E-state index contributed by atoms with van der Waals surface area (Å²) in [7, 11) is 1.25. The van der Waals surface area contributed by atoms with Crippen molar-refractivity contribution in [3.05, 3.63) is 11.4 Å². The van der Waals surface area contributed by atoms with Crippen molar-refractivity contribution in [2.75, 3.05) is 13.7 Å². The maximum absolute atomic E-state index is 11.4. The fourth-order valence-electron chi connectivity index (χ4n) is 1.86. The van der Waals surface area contributed by atoms with Crippen molar-refractivity contribution < 1.29 is 19.4 Å². The minimum absolute atomic E-state index is 0.00366. The molecule has 18 heavy (non-hydrogen) atoms. The molecule has 1 aromatic heterocycles. The van der Waals surface area contributed by atoms with Gasteiger partial charge in [0, 0.05) is 0 Å². The number of carbonyl (C=O) groups excluding carboxylic acids is 1. The Morgan fingerprint density at radius 3 is 3.06 bits per heavy atom. The predicted octanol–water partition coefficient (Wildman–Crippen LogP) is -0.284. The number of aliphatic hydroxyl groups is 1. The highest BCUT2D eigenvalue weighted by molar-refractivity contribution is 5.89. The molecule has 0 amide bonds. The van der Waals surface area contributed by atoms with Crippen molar-refractivity contribution in [3.63, 3.8) is 0 Å². The van der Waals surface area contributed by atoms with Crippen molar-refractivity contribution in [1.82, 2.24) is 15.0 Å². The second kappa shape index (κ2) is 5.16. The van der Waals surface area contributed by atoms with Gasteiger partial charge < -0.3 is 14.6 Å². The Hall–Kier alpha value is -1.91. The number of rotatable bonds is 3. The van der Waals surface area contributed by atoms with E-state index in [0.29, 0.717) is 12.8 Å². The van der Waals surface area contributed by atoms with Crippen LogP contribution in [0.25, 0.3) is 0 Å². The molecule has 96 valence electrons. The Kier molecular flexibility index (Phi) is 3.60. The molecule has 0 radical (unpaired) electrons. The number of aromatic nitrogens is 3. The number of hydrogen-bond acceptors (Lipinski definition) is 6. The number of ether oxygens (including phenoxy) is 2. The summed E-state index contributed by atoms with van der Waals surface area (Å²) in [5.41, 5.74) is 0.224. The van der Waals surface area contributed by atoms with Crippen LogP contribution in [0.5, 0.6) is 0 Å². The van der Waals surface area contributed by atoms with Gasteiger partial charge in [0.25, 0.3) is 0 Å². The van der Waals surface area contributed by atoms with E-state index in [1.165, 1.54) is 11.8 Å². The van der Waals surface area contributed by atoms with Gasteiger partial charge in [-0.1, -0.05) is 5.21 Å². The zero-order chi connectivity index (χ0) is 13.1. The van der Waals surface area contributed by atoms with Gasteiger partial charge in [0.2, 0.25) is 5.69 Å². The third kappa shape index (κ3) is 2.08. The van der Waals surface area contributed by atoms with Gasteiger partial charge >= 0.3 is 5.97 Å². The van der Waals surface area contributed by atoms with Crippen LogP contribution in [0, 0.1) is 12.3 Å². The van der Waals surface area contributed by atoms with Crippen molar-refractivity contribution in [3.8, 4) is 12.3 Å². The highest BCUT2D eigenvalue weighted by atomic mass is 16.5. The normalized spacial score (nSPS) is 22.7. The lowest BCUT2D eigenvalue weighted by Crippen LogP contribution is -2.16. The van der Waals surface area contributed by atoms with Crippen molar-refractivity contribution >= 4 is 5.97 Å². The molecular formula is C11H13N3O4.